The summed E-state index contributed by atoms with van der Waals surface area (Å²) in [7, 11) is 1.49. The molecule has 2 aromatic rings. The van der Waals surface area contributed by atoms with E-state index in [0.29, 0.717) is 28.4 Å². The minimum atomic E-state index is -0.579. The lowest BCUT2D eigenvalue weighted by molar-refractivity contribution is 0.0636. The number of hydrogen-bond acceptors (Lipinski definition) is 5. The Hall–Kier alpha value is -3.35. The van der Waals surface area contributed by atoms with Crippen molar-refractivity contribution >= 4 is 35.1 Å². The Labute approximate surface area is 189 Å². The molecule has 0 aliphatic carbocycles. The second-order valence-electron chi connectivity index (χ2n) is 8.23. The van der Waals surface area contributed by atoms with Gasteiger partial charge in [0.2, 0.25) is 0 Å². The van der Waals surface area contributed by atoms with E-state index in [1.807, 2.05) is 13.8 Å². The standard InChI is InChI=1S/C25H32FN3O3/c1-8-16(3)23(22-20(26)14-19(31-7)15-21(22)27-9-2)28-17-10-12-18(13-11-17)29-24(30)32-25(4,5)6/h9-15,28H,8H2,1-7H3,(H,29,30)/b23-16-,27-9?. The molecule has 0 saturated heterocycles. The van der Waals surface area contributed by atoms with E-state index in [1.165, 1.54) is 13.2 Å². The lowest BCUT2D eigenvalue weighted by Gasteiger charge is -2.20. The number of nitrogens with zero attached hydrogens (tertiary/aromatic N) is 1. The highest BCUT2D eigenvalue weighted by Crippen LogP contribution is 2.36. The van der Waals surface area contributed by atoms with Gasteiger partial charge in [0, 0.05) is 35.4 Å². The third kappa shape index (κ3) is 6.83. The van der Waals surface area contributed by atoms with Crippen LogP contribution in [0.15, 0.2) is 47.0 Å². The van der Waals surface area contributed by atoms with E-state index in [9.17, 15) is 4.79 Å². The molecule has 0 fully saturated rings. The molecule has 0 radical (unpaired) electrons. The van der Waals surface area contributed by atoms with Crippen LogP contribution in [0.25, 0.3) is 5.70 Å². The van der Waals surface area contributed by atoms with Gasteiger partial charge in [0.1, 0.15) is 17.2 Å². The van der Waals surface area contributed by atoms with Crippen LogP contribution in [-0.4, -0.2) is 25.0 Å². The maximum atomic E-state index is 15.1. The molecule has 0 spiro atoms. The molecular weight excluding hydrogens is 409 g/mol. The predicted octanol–water partition coefficient (Wildman–Crippen LogP) is 7.16. The molecule has 6 nitrogen and oxygen atoms in total. The topological polar surface area (TPSA) is 72.0 Å². The maximum Gasteiger partial charge on any atom is 0.412 e. The van der Waals surface area contributed by atoms with Crippen LogP contribution in [-0.2, 0) is 4.74 Å². The minimum Gasteiger partial charge on any atom is -0.497 e. The number of allylic oxidation sites excluding steroid dienone is 1. The summed E-state index contributed by atoms with van der Waals surface area (Å²) in [4.78, 5) is 16.3. The summed E-state index contributed by atoms with van der Waals surface area (Å²) in [6.45, 7) is 11.1. The Morgan fingerprint density at radius 2 is 1.72 bits per heavy atom. The van der Waals surface area contributed by atoms with Gasteiger partial charge in [-0.1, -0.05) is 6.92 Å². The smallest absolute Gasteiger partial charge is 0.412 e. The number of ether oxygens (including phenoxy) is 2. The number of benzene rings is 2. The Kier molecular flexibility index (Phi) is 8.41. The van der Waals surface area contributed by atoms with E-state index in [0.717, 1.165) is 17.7 Å². The van der Waals surface area contributed by atoms with Gasteiger partial charge in [0.05, 0.1) is 18.4 Å². The van der Waals surface area contributed by atoms with Gasteiger partial charge < -0.3 is 14.8 Å². The van der Waals surface area contributed by atoms with Gasteiger partial charge >= 0.3 is 6.09 Å². The quantitative estimate of drug-likeness (QED) is 0.447. The number of carbonyl (C=O) groups is 1. The molecule has 0 atom stereocenters. The molecule has 0 unspecified atom stereocenters. The zero-order valence-corrected chi connectivity index (χ0v) is 19.8. The van der Waals surface area contributed by atoms with Crippen molar-refractivity contribution in [2.24, 2.45) is 4.99 Å². The number of anilines is 2. The summed E-state index contributed by atoms with van der Waals surface area (Å²) in [5.74, 6) is -0.0265. The fourth-order valence-electron chi connectivity index (χ4n) is 2.94. The average molecular weight is 442 g/mol. The number of carbonyl (C=O) groups excluding carboxylic acids is 1. The first-order valence-corrected chi connectivity index (χ1v) is 10.5. The molecule has 2 rings (SSSR count). The van der Waals surface area contributed by atoms with Crippen LogP contribution in [0.4, 0.5) is 26.2 Å². The number of amides is 1. The normalized spacial score (nSPS) is 12.4. The van der Waals surface area contributed by atoms with Crippen molar-refractivity contribution in [1.29, 1.82) is 0 Å². The molecule has 2 aromatic carbocycles. The molecule has 0 aliphatic rings. The molecular formula is C25H32FN3O3. The van der Waals surface area contributed by atoms with Gasteiger partial charge in [-0.2, -0.15) is 0 Å². The molecule has 32 heavy (non-hydrogen) atoms. The molecule has 2 N–H and O–H groups in total. The number of hydrogen-bond donors (Lipinski definition) is 2. The number of rotatable bonds is 7. The van der Waals surface area contributed by atoms with Crippen LogP contribution in [0.5, 0.6) is 5.75 Å². The van der Waals surface area contributed by atoms with Gasteiger partial charge in [-0.25, -0.2) is 9.18 Å². The molecule has 0 bridgehead atoms. The lowest BCUT2D eigenvalue weighted by atomic mass is 10.0. The van der Waals surface area contributed by atoms with E-state index < -0.39 is 17.5 Å². The maximum absolute atomic E-state index is 15.1. The van der Waals surface area contributed by atoms with E-state index in [-0.39, 0.29) is 0 Å². The largest absolute Gasteiger partial charge is 0.497 e. The number of methoxy groups -OCH3 is 1. The van der Waals surface area contributed by atoms with Gasteiger partial charge in [0.15, 0.2) is 0 Å². The minimum absolute atomic E-state index is 0.374. The highest BCUT2D eigenvalue weighted by molar-refractivity contribution is 5.88. The fraction of sp³-hybridized carbons (Fsp3) is 0.360. The summed E-state index contributed by atoms with van der Waals surface area (Å²) < 4.78 is 25.6. The molecule has 172 valence electrons. The van der Waals surface area contributed by atoms with Crippen molar-refractivity contribution in [1.82, 2.24) is 0 Å². The van der Waals surface area contributed by atoms with Crippen LogP contribution < -0.4 is 15.4 Å². The molecule has 7 heteroatoms. The zero-order chi connectivity index (χ0) is 23.9. The number of aliphatic imine (C=N–C) groups is 1. The van der Waals surface area contributed by atoms with Crippen LogP contribution in [0, 0.1) is 5.82 Å². The van der Waals surface area contributed by atoms with Gasteiger partial charge in [0.25, 0.3) is 0 Å². The van der Waals surface area contributed by atoms with Crippen molar-refractivity contribution in [2.75, 3.05) is 17.7 Å². The van der Waals surface area contributed by atoms with Crippen LogP contribution in [0.3, 0.4) is 0 Å². The number of nitrogens with one attached hydrogen (secondary N) is 2. The third-order valence-electron chi connectivity index (χ3n) is 4.55. The first-order valence-electron chi connectivity index (χ1n) is 10.5. The summed E-state index contributed by atoms with van der Waals surface area (Å²) in [6, 6.07) is 10.2. The Balaban J connectivity index is 2.35. The first-order chi connectivity index (χ1) is 15.1. The first kappa shape index (κ1) is 24.9. The molecule has 0 aliphatic heterocycles. The van der Waals surface area contributed by atoms with Gasteiger partial charge in [-0.15, -0.1) is 0 Å². The molecule has 0 saturated carbocycles. The summed E-state index contributed by atoms with van der Waals surface area (Å²) in [5, 5.41) is 6.02. The third-order valence-corrected chi connectivity index (χ3v) is 4.55. The zero-order valence-electron chi connectivity index (χ0n) is 19.8. The van der Waals surface area contributed by atoms with Crippen LogP contribution >= 0.6 is 0 Å². The average Bonchev–Trinajstić information content (AvgIpc) is 2.71. The highest BCUT2D eigenvalue weighted by Gasteiger charge is 2.19. The fourth-order valence-corrected chi connectivity index (χ4v) is 2.94. The van der Waals surface area contributed by atoms with Gasteiger partial charge in [-0.3, -0.25) is 10.3 Å². The van der Waals surface area contributed by atoms with E-state index >= 15 is 4.39 Å². The van der Waals surface area contributed by atoms with Crippen LogP contribution in [0.1, 0.15) is 53.5 Å². The Morgan fingerprint density at radius 1 is 1.12 bits per heavy atom. The SMILES string of the molecule is CC=Nc1cc(OC)cc(F)c1/C(Nc1ccc(NC(=O)OC(C)(C)C)cc1)=C(\C)CC. The van der Waals surface area contributed by atoms with Crippen molar-refractivity contribution in [3.63, 3.8) is 0 Å². The lowest BCUT2D eigenvalue weighted by Crippen LogP contribution is -2.27. The van der Waals surface area contributed by atoms with Crippen molar-refractivity contribution in [2.45, 2.75) is 53.6 Å². The van der Waals surface area contributed by atoms with Crippen molar-refractivity contribution in [3.8, 4) is 5.75 Å². The van der Waals surface area contributed by atoms with Gasteiger partial charge in [-0.05, 0) is 70.9 Å². The van der Waals surface area contributed by atoms with E-state index in [1.54, 1.807) is 64.2 Å². The Bertz CT molecular complexity index is 1010. The number of halogens is 1. The molecule has 0 heterocycles. The summed E-state index contributed by atoms with van der Waals surface area (Å²) in [6.07, 6.45) is 1.82. The van der Waals surface area contributed by atoms with Crippen LogP contribution in [0.2, 0.25) is 0 Å². The molecule has 0 aromatic heterocycles. The molecule has 1 amide bonds. The van der Waals surface area contributed by atoms with Crippen molar-refractivity contribution < 1.29 is 18.7 Å². The van der Waals surface area contributed by atoms with Crippen molar-refractivity contribution in [3.05, 3.63) is 53.4 Å². The Morgan fingerprint density at radius 3 is 2.22 bits per heavy atom. The monoisotopic (exact) mass is 441 g/mol. The summed E-state index contributed by atoms with van der Waals surface area (Å²) >= 11 is 0. The summed E-state index contributed by atoms with van der Waals surface area (Å²) in [5.41, 5.74) is 3.21. The van der Waals surface area contributed by atoms with E-state index in [2.05, 4.69) is 15.6 Å². The van der Waals surface area contributed by atoms with E-state index in [4.69, 9.17) is 9.47 Å². The highest BCUT2D eigenvalue weighted by atomic mass is 19.1. The second kappa shape index (κ2) is 10.8. The predicted molar refractivity (Wildman–Crippen MR) is 130 cm³/mol. The second-order valence-corrected chi connectivity index (χ2v) is 8.23.